The van der Waals surface area contributed by atoms with Gasteiger partial charge in [-0.2, -0.15) is 5.26 Å². The molecule has 0 aliphatic carbocycles. The van der Waals surface area contributed by atoms with E-state index in [4.69, 9.17) is 5.26 Å². The third kappa shape index (κ3) is 3.57. The van der Waals surface area contributed by atoms with Crippen LogP contribution in [0.1, 0.15) is 30.9 Å². The molecule has 1 saturated heterocycles. The molecule has 1 fully saturated rings. The number of hydrogen-bond donors (Lipinski definition) is 0. The Morgan fingerprint density at radius 3 is 2.63 bits per heavy atom. The summed E-state index contributed by atoms with van der Waals surface area (Å²) in [6.45, 7) is 3.47. The number of likely N-dealkylation sites (tertiary alicyclic amines) is 1. The highest BCUT2D eigenvalue weighted by molar-refractivity contribution is 5.77. The zero-order valence-electron chi connectivity index (χ0n) is 11.4. The summed E-state index contributed by atoms with van der Waals surface area (Å²) in [7, 11) is 0. The Morgan fingerprint density at radius 2 is 2.00 bits per heavy atom. The maximum Gasteiger partial charge on any atom is 0.222 e. The number of piperidine rings is 1. The van der Waals surface area contributed by atoms with Crippen LogP contribution in [0, 0.1) is 17.2 Å². The predicted octanol–water partition coefficient (Wildman–Crippen LogP) is 2.55. The van der Waals surface area contributed by atoms with E-state index in [1.807, 2.05) is 4.90 Å². The molecule has 1 atom stereocenters. The van der Waals surface area contributed by atoms with Crippen molar-refractivity contribution in [1.82, 2.24) is 4.90 Å². The summed E-state index contributed by atoms with van der Waals surface area (Å²) in [4.78, 5) is 13.6. The summed E-state index contributed by atoms with van der Waals surface area (Å²) in [6, 6.07) is 10.8. The fourth-order valence-electron chi connectivity index (χ4n) is 2.44. The minimum absolute atomic E-state index is 0.0140. The van der Waals surface area contributed by atoms with E-state index >= 15 is 0 Å². The number of benzene rings is 1. The third-order valence-corrected chi connectivity index (χ3v) is 3.78. The Labute approximate surface area is 114 Å². The van der Waals surface area contributed by atoms with Gasteiger partial charge in [0.2, 0.25) is 5.91 Å². The van der Waals surface area contributed by atoms with Gasteiger partial charge in [0.1, 0.15) is 0 Å². The number of amides is 1. The summed E-state index contributed by atoms with van der Waals surface area (Å²) in [5, 5.41) is 8.95. The molecule has 1 aliphatic heterocycles. The number of aryl methyl sites for hydroxylation is 1. The first-order valence-corrected chi connectivity index (χ1v) is 6.98. The number of nitrogens with zero attached hydrogens (tertiary/aromatic N) is 2. The summed E-state index contributed by atoms with van der Waals surface area (Å²) < 4.78 is 0. The Balaban J connectivity index is 1.90. The maximum atomic E-state index is 11.8. The minimum atomic E-state index is 0.0140. The molecular formula is C16H20N2O. The largest absolute Gasteiger partial charge is 0.341 e. The molecule has 0 bridgehead atoms. The lowest BCUT2D eigenvalue weighted by Gasteiger charge is -2.29. The normalized spacial score (nSPS) is 19.3. The Bertz CT molecular complexity index is 473. The predicted molar refractivity (Wildman–Crippen MR) is 74.4 cm³/mol. The van der Waals surface area contributed by atoms with Crippen molar-refractivity contribution in [2.24, 2.45) is 5.92 Å². The lowest BCUT2D eigenvalue weighted by molar-refractivity contribution is -0.134. The fourth-order valence-corrected chi connectivity index (χ4v) is 2.44. The monoisotopic (exact) mass is 256 g/mol. The number of rotatable bonds is 4. The van der Waals surface area contributed by atoms with Crippen molar-refractivity contribution < 1.29 is 4.79 Å². The number of hydrogen-bond acceptors (Lipinski definition) is 2. The summed E-state index contributed by atoms with van der Waals surface area (Å²) in [5.74, 6) is 0.205. The summed E-state index contributed by atoms with van der Waals surface area (Å²) >= 11 is 0. The zero-order valence-corrected chi connectivity index (χ0v) is 11.4. The van der Waals surface area contributed by atoms with Gasteiger partial charge in [-0.25, -0.2) is 0 Å². The molecule has 1 aromatic rings. The standard InChI is InChI=1S/C16H20N2O/c1-2-13-3-5-14(6-4-13)9-10-18-12-15(11-17)7-8-16(18)19/h3-6,15H,2,7-10,12H2,1H3. The van der Waals surface area contributed by atoms with Crippen LogP contribution in [-0.2, 0) is 17.6 Å². The van der Waals surface area contributed by atoms with Crippen molar-refractivity contribution in [3.63, 3.8) is 0 Å². The molecule has 1 heterocycles. The van der Waals surface area contributed by atoms with Gasteiger partial charge in [0.05, 0.1) is 12.0 Å². The molecule has 1 unspecified atom stereocenters. The summed E-state index contributed by atoms with van der Waals surface area (Å²) in [6.07, 6.45) is 3.16. The van der Waals surface area contributed by atoms with Gasteiger partial charge < -0.3 is 4.90 Å². The van der Waals surface area contributed by atoms with Gasteiger partial charge in [-0.05, 0) is 30.4 Å². The van der Waals surface area contributed by atoms with Gasteiger partial charge in [-0.15, -0.1) is 0 Å². The van der Waals surface area contributed by atoms with E-state index < -0.39 is 0 Å². The highest BCUT2D eigenvalue weighted by Crippen LogP contribution is 2.17. The van der Waals surface area contributed by atoms with Crippen LogP contribution in [0.25, 0.3) is 0 Å². The highest BCUT2D eigenvalue weighted by atomic mass is 16.2. The first kappa shape index (κ1) is 13.6. The molecule has 2 rings (SSSR count). The van der Waals surface area contributed by atoms with E-state index in [1.165, 1.54) is 11.1 Å². The van der Waals surface area contributed by atoms with E-state index in [-0.39, 0.29) is 11.8 Å². The van der Waals surface area contributed by atoms with E-state index in [9.17, 15) is 4.79 Å². The number of carbonyl (C=O) groups is 1. The van der Waals surface area contributed by atoms with Crippen LogP contribution in [0.15, 0.2) is 24.3 Å². The van der Waals surface area contributed by atoms with E-state index in [1.54, 1.807) is 0 Å². The van der Waals surface area contributed by atoms with E-state index in [0.29, 0.717) is 13.0 Å². The zero-order chi connectivity index (χ0) is 13.7. The number of carbonyl (C=O) groups excluding carboxylic acids is 1. The lowest BCUT2D eigenvalue weighted by Crippen LogP contribution is -2.40. The van der Waals surface area contributed by atoms with Gasteiger partial charge in [0, 0.05) is 19.5 Å². The van der Waals surface area contributed by atoms with Gasteiger partial charge in [-0.3, -0.25) is 4.79 Å². The van der Waals surface area contributed by atoms with Crippen LogP contribution < -0.4 is 0 Å². The molecule has 100 valence electrons. The Kier molecular flexibility index (Phi) is 4.57. The minimum Gasteiger partial charge on any atom is -0.341 e. The van der Waals surface area contributed by atoms with Gasteiger partial charge in [0.25, 0.3) is 0 Å². The first-order chi connectivity index (χ1) is 9.22. The second kappa shape index (κ2) is 6.38. The van der Waals surface area contributed by atoms with E-state index in [0.717, 1.165) is 25.8 Å². The fraction of sp³-hybridized carbons (Fsp3) is 0.500. The average Bonchev–Trinajstić information content (AvgIpc) is 2.47. The molecular weight excluding hydrogens is 236 g/mol. The smallest absolute Gasteiger partial charge is 0.222 e. The second-order valence-corrected chi connectivity index (χ2v) is 5.12. The lowest BCUT2D eigenvalue weighted by atomic mass is 9.98. The molecule has 0 aromatic heterocycles. The van der Waals surface area contributed by atoms with Crippen molar-refractivity contribution in [2.75, 3.05) is 13.1 Å². The van der Waals surface area contributed by atoms with Crippen molar-refractivity contribution in [2.45, 2.75) is 32.6 Å². The average molecular weight is 256 g/mol. The van der Waals surface area contributed by atoms with Crippen molar-refractivity contribution in [3.8, 4) is 6.07 Å². The van der Waals surface area contributed by atoms with Crippen LogP contribution in [0.4, 0.5) is 0 Å². The highest BCUT2D eigenvalue weighted by Gasteiger charge is 2.24. The van der Waals surface area contributed by atoms with Crippen LogP contribution in [0.3, 0.4) is 0 Å². The van der Waals surface area contributed by atoms with Gasteiger partial charge in [0.15, 0.2) is 0 Å². The first-order valence-electron chi connectivity index (χ1n) is 6.98. The van der Waals surface area contributed by atoms with Crippen LogP contribution in [0.2, 0.25) is 0 Å². The molecule has 1 aliphatic rings. The van der Waals surface area contributed by atoms with Crippen molar-refractivity contribution in [3.05, 3.63) is 35.4 Å². The molecule has 1 amide bonds. The molecule has 19 heavy (non-hydrogen) atoms. The SMILES string of the molecule is CCc1ccc(CCN2CC(C#N)CCC2=O)cc1. The van der Waals surface area contributed by atoms with Crippen molar-refractivity contribution in [1.29, 1.82) is 5.26 Å². The Morgan fingerprint density at radius 1 is 1.32 bits per heavy atom. The van der Waals surface area contributed by atoms with Crippen LogP contribution >= 0.6 is 0 Å². The topological polar surface area (TPSA) is 44.1 Å². The summed E-state index contributed by atoms with van der Waals surface area (Å²) in [5.41, 5.74) is 2.59. The van der Waals surface area contributed by atoms with E-state index in [2.05, 4.69) is 37.3 Å². The molecule has 0 N–H and O–H groups in total. The van der Waals surface area contributed by atoms with Crippen LogP contribution in [-0.4, -0.2) is 23.9 Å². The Hall–Kier alpha value is -1.82. The van der Waals surface area contributed by atoms with Crippen LogP contribution in [0.5, 0.6) is 0 Å². The molecule has 0 radical (unpaired) electrons. The molecule has 0 spiro atoms. The molecule has 1 aromatic carbocycles. The third-order valence-electron chi connectivity index (χ3n) is 3.78. The quantitative estimate of drug-likeness (QED) is 0.831. The van der Waals surface area contributed by atoms with Gasteiger partial charge >= 0.3 is 0 Å². The molecule has 3 nitrogen and oxygen atoms in total. The second-order valence-electron chi connectivity index (χ2n) is 5.12. The van der Waals surface area contributed by atoms with Gasteiger partial charge in [-0.1, -0.05) is 31.2 Å². The molecule has 0 saturated carbocycles. The van der Waals surface area contributed by atoms with Crippen molar-refractivity contribution >= 4 is 5.91 Å². The molecule has 3 heteroatoms. The maximum absolute atomic E-state index is 11.8. The number of nitriles is 1.